The Hall–Kier alpha value is -12.7. The van der Waals surface area contributed by atoms with Gasteiger partial charge >= 0.3 is 0 Å². The van der Waals surface area contributed by atoms with Gasteiger partial charge in [0.15, 0.2) is 11.6 Å². The molecule has 0 N–H and O–H groups in total. The lowest BCUT2D eigenvalue weighted by molar-refractivity contribution is 0.660. The molecule has 0 saturated carbocycles. The predicted octanol–water partition coefficient (Wildman–Crippen LogP) is 26.5. The second-order valence-corrected chi connectivity index (χ2v) is 29.4. The highest BCUT2D eigenvalue weighted by Gasteiger charge is 2.37. The van der Waals surface area contributed by atoms with Crippen LogP contribution in [0.4, 0.5) is 0 Å². The fourth-order valence-electron chi connectivity index (χ4n) is 16.1. The molecule has 0 unspecified atom stereocenters. The molecule has 0 amide bonds. The molecule has 0 saturated heterocycles. The Balaban J connectivity index is 0.000000143. The summed E-state index contributed by atoms with van der Waals surface area (Å²) in [6.07, 6.45) is 0. The summed E-state index contributed by atoms with van der Waals surface area (Å²) in [6.45, 7) is 9.36. The van der Waals surface area contributed by atoms with Crippen LogP contribution in [0.5, 0.6) is 0 Å². The summed E-state index contributed by atoms with van der Waals surface area (Å²) in [5, 5.41) is 4.70. The quantitative estimate of drug-likeness (QED) is 0.137. The minimum absolute atomic E-state index is 0.0252. The van der Waals surface area contributed by atoms with Gasteiger partial charge in [-0.2, -0.15) is 0 Å². The average molecular weight is 1350 g/mol. The molecular formula is C98H68N4OS. The molecule has 18 aromatic rings. The van der Waals surface area contributed by atoms with E-state index >= 15 is 0 Å². The summed E-state index contributed by atoms with van der Waals surface area (Å²) < 4.78 is 9.22. The highest BCUT2D eigenvalue weighted by atomic mass is 32.1. The lowest BCUT2D eigenvalue weighted by atomic mass is 9.81. The topological polar surface area (TPSA) is 64.7 Å². The van der Waals surface area contributed by atoms with E-state index in [2.05, 4.69) is 295 Å². The van der Waals surface area contributed by atoms with Crippen LogP contribution in [-0.2, 0) is 10.8 Å². The minimum Gasteiger partial charge on any atom is -0.455 e. The second-order valence-electron chi connectivity index (χ2n) is 28.3. The van der Waals surface area contributed by atoms with Crippen LogP contribution in [0.2, 0.25) is 0 Å². The number of fused-ring (bicyclic) bond motifs is 12. The molecule has 6 heteroatoms. The number of nitrogens with zero attached hydrogens (tertiary/aromatic N) is 4. The predicted molar refractivity (Wildman–Crippen MR) is 434 cm³/mol. The zero-order valence-corrected chi connectivity index (χ0v) is 58.8. The zero-order chi connectivity index (χ0) is 69.6. The van der Waals surface area contributed by atoms with E-state index in [0.717, 1.165) is 95.0 Å². The van der Waals surface area contributed by atoms with Gasteiger partial charge in [0.25, 0.3) is 0 Å². The molecule has 0 bridgehead atoms. The van der Waals surface area contributed by atoms with Crippen molar-refractivity contribution in [2.45, 2.75) is 38.5 Å². The summed E-state index contributed by atoms with van der Waals surface area (Å²) in [5.41, 5.74) is 31.8. The maximum Gasteiger partial charge on any atom is 0.160 e. The summed E-state index contributed by atoms with van der Waals surface area (Å²) in [5.74, 6) is 1.41. The van der Waals surface area contributed by atoms with E-state index in [4.69, 9.17) is 24.4 Å². The summed E-state index contributed by atoms with van der Waals surface area (Å²) in [4.78, 5) is 20.4. The van der Waals surface area contributed by atoms with Gasteiger partial charge in [0.2, 0.25) is 0 Å². The van der Waals surface area contributed by atoms with Crippen molar-refractivity contribution in [2.24, 2.45) is 0 Å². The highest BCUT2D eigenvalue weighted by molar-refractivity contribution is 7.26. The molecule has 2 aliphatic rings. The molecule has 4 aromatic heterocycles. The molecule has 4 heterocycles. The van der Waals surface area contributed by atoms with Gasteiger partial charge in [0, 0.05) is 75.2 Å². The first-order chi connectivity index (χ1) is 51.1. The smallest absolute Gasteiger partial charge is 0.160 e. The van der Waals surface area contributed by atoms with Gasteiger partial charge in [-0.1, -0.05) is 325 Å². The Labute approximate surface area is 608 Å². The lowest BCUT2D eigenvalue weighted by Gasteiger charge is -2.22. The van der Waals surface area contributed by atoms with Crippen molar-refractivity contribution in [2.75, 3.05) is 0 Å². The van der Waals surface area contributed by atoms with Crippen LogP contribution in [0, 0.1) is 0 Å². The van der Waals surface area contributed by atoms with Gasteiger partial charge in [0.05, 0.1) is 22.8 Å². The normalized spacial score (nSPS) is 13.0. The number of rotatable bonds is 10. The van der Waals surface area contributed by atoms with Crippen LogP contribution in [-0.4, -0.2) is 19.9 Å². The van der Waals surface area contributed by atoms with Crippen molar-refractivity contribution in [1.29, 1.82) is 0 Å². The van der Waals surface area contributed by atoms with Gasteiger partial charge in [-0.15, -0.1) is 11.3 Å². The van der Waals surface area contributed by atoms with Gasteiger partial charge in [0.1, 0.15) is 11.2 Å². The number of aromatic nitrogens is 4. The van der Waals surface area contributed by atoms with E-state index in [9.17, 15) is 0 Å². The molecule has 0 spiro atoms. The Kier molecular flexibility index (Phi) is 15.0. The number of benzene rings is 14. The first-order valence-electron chi connectivity index (χ1n) is 35.7. The molecular weight excluding hydrogens is 1280 g/mol. The Bertz CT molecular complexity index is 5870. The van der Waals surface area contributed by atoms with Crippen LogP contribution >= 0.6 is 11.3 Å². The van der Waals surface area contributed by atoms with Crippen molar-refractivity contribution in [3.63, 3.8) is 0 Å². The van der Waals surface area contributed by atoms with E-state index in [0.29, 0.717) is 5.82 Å². The molecule has 2 aliphatic carbocycles. The monoisotopic (exact) mass is 1350 g/mol. The molecule has 104 heavy (non-hydrogen) atoms. The standard InChI is InChI=1S/C49H34N2O.C49H34N2S/c2*1-49(2)41-19-11-9-17-37(41)38-26-25-35(29-42(38)49)31-21-23-32(24-22-31)36-27-28-39(47-46(36)40-18-10-12-20-45(40)52-47)44-30-43(33-13-5-3-6-14-33)50-48(51-44)34-15-7-4-8-16-34/h2*3-30H,1-2H3. The van der Waals surface area contributed by atoms with Crippen molar-refractivity contribution < 1.29 is 4.42 Å². The third kappa shape index (κ3) is 10.7. The third-order valence-electron chi connectivity index (χ3n) is 21.5. The van der Waals surface area contributed by atoms with E-state index in [1.807, 2.05) is 84.1 Å². The molecule has 492 valence electrons. The third-order valence-corrected chi connectivity index (χ3v) is 22.7. The maximum absolute atomic E-state index is 6.71. The van der Waals surface area contributed by atoms with E-state index in [1.54, 1.807) is 0 Å². The number of furan rings is 1. The molecule has 20 rings (SSSR count). The fraction of sp³-hybridized carbons (Fsp3) is 0.0612. The fourth-order valence-corrected chi connectivity index (χ4v) is 17.4. The molecule has 5 nitrogen and oxygen atoms in total. The molecule has 0 aliphatic heterocycles. The lowest BCUT2D eigenvalue weighted by Crippen LogP contribution is -2.14. The van der Waals surface area contributed by atoms with Crippen LogP contribution in [0.25, 0.3) is 177 Å². The van der Waals surface area contributed by atoms with E-state index in [-0.39, 0.29) is 10.8 Å². The molecule has 14 aromatic carbocycles. The van der Waals surface area contributed by atoms with Crippen LogP contribution in [0.15, 0.2) is 344 Å². The number of hydrogen-bond donors (Lipinski definition) is 0. The van der Waals surface area contributed by atoms with Crippen molar-refractivity contribution in [3.05, 3.63) is 362 Å². The van der Waals surface area contributed by atoms with Gasteiger partial charge in [-0.05, 0) is 131 Å². The van der Waals surface area contributed by atoms with Gasteiger partial charge in [-0.3, -0.25) is 0 Å². The van der Waals surface area contributed by atoms with Crippen LogP contribution in [0.1, 0.15) is 49.9 Å². The molecule has 0 radical (unpaired) electrons. The molecule has 0 atom stereocenters. The van der Waals surface area contributed by atoms with E-state index in [1.165, 1.54) is 98.1 Å². The SMILES string of the molecule is CC1(C)c2ccccc2-c2ccc(-c3ccc(-c4ccc(-c5cc(-c6ccccc6)nc(-c6ccccc6)n5)c5oc6ccccc6c45)cc3)cc21.CC1(C)c2ccccc2-c2ccc(-c3ccc(-c4ccc(-c5cc(-c6ccccc6)nc(-c6ccccc6)n5)c5sc6ccccc6c45)cc3)cc21. The number of thiophene rings is 1. The first-order valence-corrected chi connectivity index (χ1v) is 36.5. The van der Waals surface area contributed by atoms with Crippen LogP contribution < -0.4 is 0 Å². The molecule has 0 fully saturated rings. The highest BCUT2D eigenvalue weighted by Crippen LogP contribution is 2.53. The Morgan fingerprint density at radius 3 is 1.13 bits per heavy atom. The van der Waals surface area contributed by atoms with Crippen LogP contribution in [0.3, 0.4) is 0 Å². The maximum atomic E-state index is 6.71. The van der Waals surface area contributed by atoms with Gasteiger partial charge < -0.3 is 4.42 Å². The Morgan fingerprint density at radius 2 is 0.615 bits per heavy atom. The minimum atomic E-state index is -0.0367. The summed E-state index contributed by atoms with van der Waals surface area (Å²) in [6, 6.07) is 121. The van der Waals surface area contributed by atoms with Crippen molar-refractivity contribution >= 4 is 53.4 Å². The van der Waals surface area contributed by atoms with E-state index < -0.39 is 0 Å². The second kappa shape index (κ2) is 25.1. The zero-order valence-electron chi connectivity index (χ0n) is 57.9. The van der Waals surface area contributed by atoms with Crippen molar-refractivity contribution in [3.8, 4) is 135 Å². The number of para-hydroxylation sites is 1. The summed E-state index contributed by atoms with van der Waals surface area (Å²) >= 11 is 1.84. The number of hydrogen-bond acceptors (Lipinski definition) is 6. The first kappa shape index (κ1) is 62.3. The van der Waals surface area contributed by atoms with Gasteiger partial charge in [-0.25, -0.2) is 19.9 Å². The largest absolute Gasteiger partial charge is 0.455 e. The summed E-state index contributed by atoms with van der Waals surface area (Å²) in [7, 11) is 0. The Morgan fingerprint density at radius 1 is 0.250 bits per heavy atom. The average Bonchev–Trinajstić information content (AvgIpc) is 1.58. The van der Waals surface area contributed by atoms with Crippen molar-refractivity contribution in [1.82, 2.24) is 19.9 Å².